The first-order valence-electron chi connectivity index (χ1n) is 5.86. The Morgan fingerprint density at radius 2 is 2.00 bits per heavy atom. The molecule has 0 saturated carbocycles. The van der Waals surface area contributed by atoms with Gasteiger partial charge in [-0.25, -0.2) is 22.3 Å². The van der Waals surface area contributed by atoms with E-state index in [2.05, 4.69) is 0 Å². The Morgan fingerprint density at radius 3 is 2.48 bits per heavy atom. The summed E-state index contributed by atoms with van der Waals surface area (Å²) in [4.78, 5) is 10.3. The Morgan fingerprint density at radius 1 is 1.43 bits per heavy atom. The molecule has 1 atom stereocenters. The maximum absolute atomic E-state index is 13.6. The number of rotatable bonds is 6. The fourth-order valence-corrected chi connectivity index (χ4v) is 2.88. The number of aliphatic hydroxyl groups is 2. The van der Waals surface area contributed by atoms with Crippen molar-refractivity contribution in [2.75, 3.05) is 13.2 Å². The fraction of sp³-hybridized carbons (Fsp3) is 0.417. The highest BCUT2D eigenvalue weighted by Crippen LogP contribution is 2.21. The summed E-state index contributed by atoms with van der Waals surface area (Å²) in [6.07, 6.45) is 0. The Labute approximate surface area is 121 Å². The van der Waals surface area contributed by atoms with Crippen molar-refractivity contribution in [1.29, 1.82) is 0 Å². The van der Waals surface area contributed by atoms with Crippen LogP contribution in [0.5, 0.6) is 0 Å². The van der Waals surface area contributed by atoms with Crippen molar-refractivity contribution in [2.45, 2.75) is 24.3 Å². The van der Waals surface area contributed by atoms with E-state index >= 15 is 0 Å². The number of aliphatic hydroxyl groups excluding tert-OH is 1. The fourth-order valence-electron chi connectivity index (χ4n) is 1.44. The lowest BCUT2D eigenvalue weighted by Gasteiger charge is -2.21. The molecule has 0 aromatic heterocycles. The first kappa shape index (κ1) is 17.5. The summed E-state index contributed by atoms with van der Waals surface area (Å²) in [5.41, 5.74) is -2.44. The normalized spacial score (nSPS) is 14.7. The monoisotopic (exact) mass is 321 g/mol. The number of hydrogen-bond donors (Lipinski definition) is 4. The number of aromatic carboxylic acids is 1. The van der Waals surface area contributed by atoms with E-state index in [-0.39, 0.29) is 5.56 Å². The first-order chi connectivity index (χ1) is 9.50. The van der Waals surface area contributed by atoms with Crippen molar-refractivity contribution in [3.05, 3.63) is 29.1 Å². The number of nitrogens with one attached hydrogen (secondary N) is 1. The van der Waals surface area contributed by atoms with Gasteiger partial charge in [0, 0.05) is 12.1 Å². The number of carboxylic acid groups (broad SMARTS) is 1. The second kappa shape index (κ2) is 6.06. The smallest absolute Gasteiger partial charge is 0.335 e. The lowest BCUT2D eigenvalue weighted by atomic mass is 10.1. The third kappa shape index (κ3) is 4.21. The van der Waals surface area contributed by atoms with Crippen LogP contribution in [0.3, 0.4) is 0 Å². The summed E-state index contributed by atoms with van der Waals surface area (Å²) in [5, 5.41) is 27.2. The van der Waals surface area contributed by atoms with E-state index < -0.39 is 51.0 Å². The van der Waals surface area contributed by atoms with Crippen LogP contribution in [0, 0.1) is 12.7 Å². The number of sulfonamides is 1. The van der Waals surface area contributed by atoms with Crippen LogP contribution in [-0.4, -0.2) is 48.5 Å². The van der Waals surface area contributed by atoms with Gasteiger partial charge in [0.05, 0.1) is 22.7 Å². The molecule has 21 heavy (non-hydrogen) atoms. The van der Waals surface area contributed by atoms with E-state index in [1.807, 2.05) is 4.72 Å². The molecule has 0 heterocycles. The minimum Gasteiger partial charge on any atom is -0.478 e. The van der Waals surface area contributed by atoms with Crippen molar-refractivity contribution >= 4 is 16.0 Å². The van der Waals surface area contributed by atoms with Crippen molar-refractivity contribution in [3.8, 4) is 0 Å². The molecule has 4 N–H and O–H groups in total. The summed E-state index contributed by atoms with van der Waals surface area (Å²) in [6.45, 7) is 1.21. The summed E-state index contributed by atoms with van der Waals surface area (Å²) in [5.74, 6) is -2.43. The molecule has 0 aliphatic heterocycles. The van der Waals surface area contributed by atoms with Gasteiger partial charge in [-0.3, -0.25) is 0 Å². The van der Waals surface area contributed by atoms with Crippen LogP contribution >= 0.6 is 0 Å². The molecule has 0 aliphatic carbocycles. The van der Waals surface area contributed by atoms with Gasteiger partial charge in [0.25, 0.3) is 0 Å². The predicted octanol–water partition coefficient (Wildman–Crippen LogP) is -0.146. The molecule has 9 heteroatoms. The van der Waals surface area contributed by atoms with E-state index in [0.717, 1.165) is 12.1 Å². The summed E-state index contributed by atoms with van der Waals surface area (Å²) in [7, 11) is -4.24. The Hall–Kier alpha value is -1.55. The minimum atomic E-state index is -4.24. The van der Waals surface area contributed by atoms with E-state index in [9.17, 15) is 22.7 Å². The van der Waals surface area contributed by atoms with E-state index in [0.29, 0.717) is 0 Å². The van der Waals surface area contributed by atoms with Crippen LogP contribution in [0.15, 0.2) is 17.0 Å². The van der Waals surface area contributed by atoms with E-state index in [1.54, 1.807) is 0 Å². The van der Waals surface area contributed by atoms with Crippen LogP contribution in [0.25, 0.3) is 0 Å². The molecule has 1 unspecified atom stereocenters. The van der Waals surface area contributed by atoms with Gasteiger partial charge in [-0.05, 0) is 26.0 Å². The number of halogens is 1. The topological polar surface area (TPSA) is 124 Å². The average molecular weight is 321 g/mol. The Kier molecular flexibility index (Phi) is 5.05. The van der Waals surface area contributed by atoms with Gasteiger partial charge in [0.2, 0.25) is 10.0 Å². The molecule has 0 radical (unpaired) electrons. The lowest BCUT2D eigenvalue weighted by Crippen LogP contribution is -2.43. The highest BCUT2D eigenvalue weighted by Gasteiger charge is 2.26. The lowest BCUT2D eigenvalue weighted by molar-refractivity contribution is 0.00680. The van der Waals surface area contributed by atoms with Gasteiger partial charge in [0.15, 0.2) is 0 Å². The van der Waals surface area contributed by atoms with Crippen LogP contribution < -0.4 is 4.72 Å². The maximum Gasteiger partial charge on any atom is 0.335 e. The molecule has 0 spiro atoms. The molecule has 0 saturated heterocycles. The minimum absolute atomic E-state index is 0.240. The first-order valence-corrected chi connectivity index (χ1v) is 7.35. The molecule has 1 rings (SSSR count). The summed E-state index contributed by atoms with van der Waals surface area (Å²) in [6, 6.07) is 1.55. The zero-order valence-corrected chi connectivity index (χ0v) is 12.2. The molecule has 0 bridgehead atoms. The van der Waals surface area contributed by atoms with Crippen LogP contribution in [-0.2, 0) is 10.0 Å². The largest absolute Gasteiger partial charge is 0.478 e. The third-order valence-electron chi connectivity index (χ3n) is 2.82. The van der Waals surface area contributed by atoms with Crippen LogP contribution in [0.4, 0.5) is 4.39 Å². The number of benzene rings is 1. The molecule has 1 aromatic carbocycles. The molecule has 0 amide bonds. The highest BCUT2D eigenvalue weighted by molar-refractivity contribution is 7.89. The van der Waals surface area contributed by atoms with Gasteiger partial charge in [0.1, 0.15) is 5.82 Å². The molecule has 1 aromatic rings. The Balaban J connectivity index is 3.22. The van der Waals surface area contributed by atoms with E-state index in [4.69, 9.17) is 10.2 Å². The van der Waals surface area contributed by atoms with Crippen molar-refractivity contribution in [1.82, 2.24) is 4.72 Å². The predicted molar refractivity (Wildman–Crippen MR) is 71.0 cm³/mol. The Bertz CT molecular complexity index is 656. The van der Waals surface area contributed by atoms with Gasteiger partial charge in [-0.2, -0.15) is 0 Å². The highest BCUT2D eigenvalue weighted by atomic mass is 32.2. The second-order valence-electron chi connectivity index (χ2n) is 4.87. The zero-order chi connectivity index (χ0) is 16.4. The van der Waals surface area contributed by atoms with Gasteiger partial charge < -0.3 is 15.3 Å². The second-order valence-corrected chi connectivity index (χ2v) is 6.60. The molecule has 0 aliphatic rings. The molecule has 0 fully saturated rings. The molecule has 118 valence electrons. The van der Waals surface area contributed by atoms with Crippen molar-refractivity contribution in [2.24, 2.45) is 0 Å². The molecular formula is C12H16FNO6S. The number of hydrogen-bond acceptors (Lipinski definition) is 5. The zero-order valence-electron chi connectivity index (χ0n) is 11.4. The number of carboxylic acids is 1. The summed E-state index contributed by atoms with van der Waals surface area (Å²) < 4.78 is 39.8. The van der Waals surface area contributed by atoms with Gasteiger partial charge >= 0.3 is 5.97 Å². The maximum atomic E-state index is 13.6. The third-order valence-corrected chi connectivity index (χ3v) is 4.34. The molecule has 7 nitrogen and oxygen atoms in total. The van der Waals surface area contributed by atoms with Crippen molar-refractivity contribution < 1.29 is 32.9 Å². The van der Waals surface area contributed by atoms with E-state index in [1.165, 1.54) is 13.8 Å². The van der Waals surface area contributed by atoms with Crippen LogP contribution in [0.2, 0.25) is 0 Å². The summed E-state index contributed by atoms with van der Waals surface area (Å²) >= 11 is 0. The van der Waals surface area contributed by atoms with Gasteiger partial charge in [-0.15, -0.1) is 0 Å². The SMILES string of the molecule is Cc1c(F)cc(C(=O)O)cc1S(=O)(=O)NCC(C)(O)CO. The van der Waals surface area contributed by atoms with Crippen LogP contribution in [0.1, 0.15) is 22.8 Å². The van der Waals surface area contributed by atoms with Gasteiger partial charge in [-0.1, -0.05) is 0 Å². The molecular weight excluding hydrogens is 305 g/mol. The standard InChI is InChI=1S/C12H16FNO6S/c1-7-9(13)3-8(11(16)17)4-10(7)21(19,20)14-5-12(2,18)6-15/h3-4,14-15,18H,5-6H2,1-2H3,(H,16,17). The quantitative estimate of drug-likeness (QED) is 0.578. The number of carbonyl (C=O) groups is 1. The van der Waals surface area contributed by atoms with Crippen molar-refractivity contribution in [3.63, 3.8) is 0 Å². The average Bonchev–Trinajstić information content (AvgIpc) is 2.39.